The molecule has 1 aromatic rings. The largest absolute Gasteiger partial charge is 0.394 e. The molecule has 0 radical (unpaired) electrons. The Bertz CT molecular complexity index is 403. The van der Waals surface area contributed by atoms with Crippen molar-refractivity contribution in [3.8, 4) is 0 Å². The molecule has 2 atom stereocenters. The van der Waals surface area contributed by atoms with Crippen LogP contribution in [0.3, 0.4) is 0 Å². The van der Waals surface area contributed by atoms with Gasteiger partial charge in [0.2, 0.25) is 0 Å². The van der Waals surface area contributed by atoms with Gasteiger partial charge in [0.05, 0.1) is 6.61 Å². The van der Waals surface area contributed by atoms with Gasteiger partial charge in [0.15, 0.2) is 0 Å². The summed E-state index contributed by atoms with van der Waals surface area (Å²) in [7, 11) is 1.98. The molecule has 1 fully saturated rings. The number of nitrogens with one attached hydrogen (secondary N) is 1. The van der Waals surface area contributed by atoms with Crippen LogP contribution in [0.2, 0.25) is 0 Å². The quantitative estimate of drug-likeness (QED) is 0.868. The Labute approximate surface area is 121 Å². The number of aryl methyl sites for hydroxylation is 1. The maximum Gasteiger partial charge on any atom is 0.0613 e. The second-order valence-corrected chi connectivity index (χ2v) is 7.00. The highest BCUT2D eigenvalue weighted by atomic mass is 32.2. The van der Waals surface area contributed by atoms with E-state index in [9.17, 15) is 5.11 Å². The van der Waals surface area contributed by atoms with Crippen LogP contribution in [0.4, 0.5) is 0 Å². The van der Waals surface area contributed by atoms with E-state index in [1.165, 1.54) is 24.0 Å². The summed E-state index contributed by atoms with van der Waals surface area (Å²) in [6, 6.07) is 8.76. The lowest BCUT2D eigenvalue weighted by atomic mass is 9.82. The third-order valence-corrected chi connectivity index (χ3v) is 5.57. The Morgan fingerprint density at radius 1 is 1.47 bits per heavy atom. The van der Waals surface area contributed by atoms with Crippen molar-refractivity contribution < 1.29 is 5.11 Å². The minimum absolute atomic E-state index is 0.0392. The fourth-order valence-electron chi connectivity index (χ4n) is 2.92. The molecule has 0 saturated heterocycles. The van der Waals surface area contributed by atoms with E-state index in [0.717, 1.165) is 18.6 Å². The zero-order valence-electron chi connectivity index (χ0n) is 12.0. The standard InChI is InChI=1S/C16H25NOS/c1-13-5-3-6-14(9-13)11-19-15-7-4-8-16(10-15,12-18)17-2/h3,5-6,9,15,17-18H,4,7-8,10-12H2,1-2H3. The van der Waals surface area contributed by atoms with E-state index < -0.39 is 0 Å². The van der Waals surface area contributed by atoms with Gasteiger partial charge in [-0.15, -0.1) is 0 Å². The fraction of sp³-hybridized carbons (Fsp3) is 0.625. The van der Waals surface area contributed by atoms with Gasteiger partial charge in [0, 0.05) is 16.5 Å². The third-order valence-electron chi connectivity index (χ3n) is 4.20. The van der Waals surface area contributed by atoms with Gasteiger partial charge in [-0.1, -0.05) is 36.2 Å². The van der Waals surface area contributed by atoms with E-state index in [-0.39, 0.29) is 12.1 Å². The normalized spacial score (nSPS) is 27.4. The van der Waals surface area contributed by atoms with Crippen molar-refractivity contribution in [2.75, 3.05) is 13.7 Å². The zero-order valence-corrected chi connectivity index (χ0v) is 12.8. The molecule has 2 rings (SSSR count). The summed E-state index contributed by atoms with van der Waals surface area (Å²) in [6.07, 6.45) is 4.67. The first kappa shape index (κ1) is 14.9. The second-order valence-electron chi connectivity index (χ2n) is 5.71. The monoisotopic (exact) mass is 279 g/mol. The molecule has 0 heterocycles. The van der Waals surface area contributed by atoms with Gasteiger partial charge in [-0.25, -0.2) is 0 Å². The fourth-order valence-corrected chi connectivity index (χ4v) is 4.29. The van der Waals surface area contributed by atoms with Gasteiger partial charge in [-0.3, -0.25) is 0 Å². The molecule has 1 aliphatic rings. The molecule has 2 nitrogen and oxygen atoms in total. The van der Waals surface area contributed by atoms with Crippen molar-refractivity contribution in [3.05, 3.63) is 35.4 Å². The van der Waals surface area contributed by atoms with Crippen molar-refractivity contribution in [1.29, 1.82) is 0 Å². The number of aliphatic hydroxyl groups excluding tert-OH is 1. The number of aliphatic hydroxyl groups is 1. The maximum atomic E-state index is 9.61. The summed E-state index contributed by atoms with van der Waals surface area (Å²) in [5, 5.41) is 13.6. The molecule has 0 aromatic heterocycles. The van der Waals surface area contributed by atoms with Crippen LogP contribution in [-0.4, -0.2) is 29.5 Å². The first-order chi connectivity index (χ1) is 9.17. The van der Waals surface area contributed by atoms with Crippen LogP contribution < -0.4 is 5.32 Å². The number of hydrogen-bond donors (Lipinski definition) is 2. The van der Waals surface area contributed by atoms with E-state index in [1.54, 1.807) is 0 Å². The third kappa shape index (κ3) is 3.98. The summed E-state index contributed by atoms with van der Waals surface area (Å²) >= 11 is 2.04. The molecular formula is C16H25NOS. The minimum Gasteiger partial charge on any atom is -0.394 e. The summed E-state index contributed by atoms with van der Waals surface area (Å²) < 4.78 is 0. The summed E-state index contributed by atoms with van der Waals surface area (Å²) in [5.74, 6) is 1.08. The van der Waals surface area contributed by atoms with E-state index in [0.29, 0.717) is 5.25 Å². The second kappa shape index (κ2) is 6.78. The highest BCUT2D eigenvalue weighted by molar-refractivity contribution is 7.99. The number of likely N-dealkylation sites (N-methyl/N-ethyl adjacent to an activating group) is 1. The van der Waals surface area contributed by atoms with E-state index in [4.69, 9.17) is 0 Å². The molecule has 1 aliphatic carbocycles. The van der Waals surface area contributed by atoms with Crippen LogP contribution in [0.5, 0.6) is 0 Å². The molecule has 3 heteroatoms. The van der Waals surface area contributed by atoms with E-state index in [1.807, 2.05) is 18.8 Å². The summed E-state index contributed by atoms with van der Waals surface area (Å²) in [4.78, 5) is 0. The van der Waals surface area contributed by atoms with Gasteiger partial charge >= 0.3 is 0 Å². The SMILES string of the molecule is CNC1(CO)CCCC(SCc2cccc(C)c2)C1. The molecule has 0 amide bonds. The predicted molar refractivity (Wildman–Crippen MR) is 83.6 cm³/mol. The molecule has 1 aromatic carbocycles. The lowest BCUT2D eigenvalue weighted by molar-refractivity contribution is 0.131. The zero-order chi connectivity index (χ0) is 13.7. The molecular weight excluding hydrogens is 254 g/mol. The molecule has 0 aliphatic heterocycles. The predicted octanol–water partition coefficient (Wildman–Crippen LogP) is 3.12. The first-order valence-electron chi connectivity index (χ1n) is 7.14. The van der Waals surface area contributed by atoms with Crippen LogP contribution in [0.1, 0.15) is 36.8 Å². The highest BCUT2D eigenvalue weighted by Gasteiger charge is 2.34. The molecule has 2 N–H and O–H groups in total. The Hall–Kier alpha value is -0.510. The van der Waals surface area contributed by atoms with E-state index >= 15 is 0 Å². The van der Waals surface area contributed by atoms with Gasteiger partial charge in [0.25, 0.3) is 0 Å². The molecule has 0 bridgehead atoms. The van der Waals surface area contributed by atoms with Crippen molar-refractivity contribution in [2.24, 2.45) is 0 Å². The number of hydrogen-bond acceptors (Lipinski definition) is 3. The van der Waals surface area contributed by atoms with Crippen molar-refractivity contribution in [2.45, 2.75) is 49.1 Å². The van der Waals surface area contributed by atoms with Crippen molar-refractivity contribution in [3.63, 3.8) is 0 Å². The van der Waals surface area contributed by atoms with Gasteiger partial charge in [-0.2, -0.15) is 11.8 Å². The summed E-state index contributed by atoms with van der Waals surface area (Å²) in [6.45, 7) is 2.40. The molecule has 0 spiro atoms. The van der Waals surface area contributed by atoms with Crippen LogP contribution in [0.25, 0.3) is 0 Å². The Morgan fingerprint density at radius 2 is 2.32 bits per heavy atom. The highest BCUT2D eigenvalue weighted by Crippen LogP contribution is 2.36. The minimum atomic E-state index is -0.0392. The Morgan fingerprint density at radius 3 is 3.00 bits per heavy atom. The summed E-state index contributed by atoms with van der Waals surface area (Å²) in [5.41, 5.74) is 2.71. The van der Waals surface area contributed by atoms with Crippen molar-refractivity contribution in [1.82, 2.24) is 5.32 Å². The topological polar surface area (TPSA) is 32.3 Å². The van der Waals surface area contributed by atoms with Crippen LogP contribution >= 0.6 is 11.8 Å². The Balaban J connectivity index is 1.89. The van der Waals surface area contributed by atoms with Gasteiger partial charge < -0.3 is 10.4 Å². The Kier molecular flexibility index (Phi) is 5.31. The molecule has 106 valence electrons. The van der Waals surface area contributed by atoms with E-state index in [2.05, 4.69) is 36.5 Å². The number of thioether (sulfide) groups is 1. The molecule has 19 heavy (non-hydrogen) atoms. The molecule has 1 saturated carbocycles. The number of rotatable bonds is 5. The first-order valence-corrected chi connectivity index (χ1v) is 8.19. The van der Waals surface area contributed by atoms with Crippen LogP contribution in [0, 0.1) is 6.92 Å². The maximum absolute atomic E-state index is 9.61. The van der Waals surface area contributed by atoms with Crippen molar-refractivity contribution >= 4 is 11.8 Å². The average molecular weight is 279 g/mol. The molecule has 2 unspecified atom stereocenters. The lowest BCUT2D eigenvalue weighted by Gasteiger charge is -2.39. The lowest BCUT2D eigenvalue weighted by Crippen LogP contribution is -2.50. The number of benzene rings is 1. The van der Waals surface area contributed by atoms with Crippen LogP contribution in [0.15, 0.2) is 24.3 Å². The average Bonchev–Trinajstić information content (AvgIpc) is 2.45. The van der Waals surface area contributed by atoms with Crippen LogP contribution in [-0.2, 0) is 5.75 Å². The smallest absolute Gasteiger partial charge is 0.0613 e. The van der Waals surface area contributed by atoms with Gasteiger partial charge in [0.1, 0.15) is 0 Å². The van der Waals surface area contributed by atoms with Gasteiger partial charge in [-0.05, 0) is 38.8 Å².